The Morgan fingerprint density at radius 2 is 2.14 bits per heavy atom. The highest BCUT2D eigenvalue weighted by Crippen LogP contribution is 2.36. The van der Waals surface area contributed by atoms with Gasteiger partial charge in [0.05, 0.1) is 0 Å². The molecular weight excluding hydrogens is 178 g/mol. The van der Waals surface area contributed by atoms with E-state index < -0.39 is 0 Å². The molecule has 0 bridgehead atoms. The molecule has 2 N–H and O–H groups in total. The summed E-state index contributed by atoms with van der Waals surface area (Å²) in [7, 11) is 0. The van der Waals surface area contributed by atoms with Crippen LogP contribution in [-0.2, 0) is 0 Å². The Balaban J connectivity index is 2.45. The van der Waals surface area contributed by atoms with Gasteiger partial charge in [0.1, 0.15) is 13.2 Å². The van der Waals surface area contributed by atoms with Crippen molar-refractivity contribution in [2.24, 2.45) is 5.73 Å². The largest absolute Gasteiger partial charge is 0.486 e. The van der Waals surface area contributed by atoms with E-state index in [9.17, 15) is 0 Å². The molecule has 1 aromatic carbocycles. The van der Waals surface area contributed by atoms with E-state index in [0.717, 1.165) is 22.6 Å². The highest BCUT2D eigenvalue weighted by Gasteiger charge is 2.16. The zero-order chi connectivity index (χ0) is 9.97. The van der Waals surface area contributed by atoms with Crippen LogP contribution in [0.25, 0.3) is 5.57 Å². The molecule has 1 aromatic rings. The number of rotatable bonds is 2. The Morgan fingerprint density at radius 3 is 2.93 bits per heavy atom. The zero-order valence-corrected chi connectivity index (χ0v) is 7.95. The van der Waals surface area contributed by atoms with Gasteiger partial charge >= 0.3 is 0 Å². The van der Waals surface area contributed by atoms with Gasteiger partial charge in [-0.05, 0) is 11.6 Å². The van der Waals surface area contributed by atoms with Crippen molar-refractivity contribution in [2.75, 3.05) is 19.8 Å². The number of fused-ring (bicyclic) bond motifs is 1. The van der Waals surface area contributed by atoms with E-state index in [1.165, 1.54) is 0 Å². The molecule has 0 amide bonds. The van der Waals surface area contributed by atoms with E-state index in [4.69, 9.17) is 15.2 Å². The average Bonchev–Trinajstić information content (AvgIpc) is 2.27. The summed E-state index contributed by atoms with van der Waals surface area (Å²) in [5.74, 6) is 1.55. The fraction of sp³-hybridized carbons (Fsp3) is 0.273. The highest BCUT2D eigenvalue weighted by molar-refractivity contribution is 5.72. The van der Waals surface area contributed by atoms with Crippen molar-refractivity contribution in [2.45, 2.75) is 0 Å². The third-order valence-electron chi connectivity index (χ3n) is 2.19. The van der Waals surface area contributed by atoms with Crippen LogP contribution in [0, 0.1) is 0 Å². The molecule has 2 rings (SSSR count). The van der Waals surface area contributed by atoms with E-state index in [2.05, 4.69) is 6.58 Å². The van der Waals surface area contributed by atoms with Crippen molar-refractivity contribution in [3.05, 3.63) is 30.3 Å². The van der Waals surface area contributed by atoms with Crippen LogP contribution < -0.4 is 15.2 Å². The lowest BCUT2D eigenvalue weighted by Crippen LogP contribution is -2.17. The van der Waals surface area contributed by atoms with Crippen molar-refractivity contribution in [1.29, 1.82) is 0 Å². The summed E-state index contributed by atoms with van der Waals surface area (Å²) >= 11 is 0. The standard InChI is InChI=1S/C11H13NO2/c1-8(7-12)9-3-2-4-10-11(9)14-6-5-13-10/h2-4H,1,5-7,12H2. The summed E-state index contributed by atoms with van der Waals surface area (Å²) in [5, 5.41) is 0. The summed E-state index contributed by atoms with van der Waals surface area (Å²) < 4.78 is 11.0. The molecule has 0 saturated heterocycles. The smallest absolute Gasteiger partial charge is 0.168 e. The zero-order valence-electron chi connectivity index (χ0n) is 7.95. The maximum Gasteiger partial charge on any atom is 0.168 e. The number of para-hydroxylation sites is 1. The maximum absolute atomic E-state index is 5.54. The van der Waals surface area contributed by atoms with Crippen molar-refractivity contribution >= 4 is 5.57 Å². The van der Waals surface area contributed by atoms with Gasteiger partial charge in [-0.25, -0.2) is 0 Å². The molecule has 3 nitrogen and oxygen atoms in total. The molecule has 1 heterocycles. The molecule has 0 fully saturated rings. The second kappa shape index (κ2) is 3.72. The molecule has 0 unspecified atom stereocenters. The molecule has 74 valence electrons. The van der Waals surface area contributed by atoms with Crippen molar-refractivity contribution in [1.82, 2.24) is 0 Å². The maximum atomic E-state index is 5.54. The number of benzene rings is 1. The molecule has 1 aliphatic rings. The van der Waals surface area contributed by atoms with Gasteiger partial charge in [-0.2, -0.15) is 0 Å². The van der Waals surface area contributed by atoms with Gasteiger partial charge in [-0.1, -0.05) is 18.7 Å². The molecule has 0 radical (unpaired) electrons. The van der Waals surface area contributed by atoms with Gasteiger partial charge < -0.3 is 15.2 Å². The fourth-order valence-corrected chi connectivity index (χ4v) is 1.46. The van der Waals surface area contributed by atoms with Crippen LogP contribution in [0.1, 0.15) is 5.56 Å². The van der Waals surface area contributed by atoms with E-state index in [-0.39, 0.29) is 0 Å². The third kappa shape index (κ3) is 1.46. The van der Waals surface area contributed by atoms with Crippen LogP contribution in [0.4, 0.5) is 0 Å². The molecular formula is C11H13NO2. The quantitative estimate of drug-likeness (QED) is 0.769. The summed E-state index contributed by atoms with van der Waals surface area (Å²) in [6.45, 7) is 5.51. The van der Waals surface area contributed by atoms with Crippen LogP contribution in [-0.4, -0.2) is 19.8 Å². The second-order valence-electron chi connectivity index (χ2n) is 3.14. The second-order valence-corrected chi connectivity index (χ2v) is 3.14. The first-order valence-corrected chi connectivity index (χ1v) is 4.59. The van der Waals surface area contributed by atoms with E-state index in [1.54, 1.807) is 0 Å². The highest BCUT2D eigenvalue weighted by atomic mass is 16.6. The molecule has 0 spiro atoms. The summed E-state index contributed by atoms with van der Waals surface area (Å²) in [4.78, 5) is 0. The van der Waals surface area contributed by atoms with Crippen molar-refractivity contribution in [3.8, 4) is 11.5 Å². The number of hydrogen-bond donors (Lipinski definition) is 1. The number of nitrogens with two attached hydrogens (primary N) is 1. The fourth-order valence-electron chi connectivity index (χ4n) is 1.46. The topological polar surface area (TPSA) is 44.5 Å². The first kappa shape index (κ1) is 9.09. The lowest BCUT2D eigenvalue weighted by molar-refractivity contribution is 0.171. The van der Waals surface area contributed by atoms with Gasteiger partial charge in [0, 0.05) is 12.1 Å². The first-order chi connectivity index (χ1) is 6.83. The van der Waals surface area contributed by atoms with Crippen molar-refractivity contribution < 1.29 is 9.47 Å². The number of ether oxygens (including phenoxy) is 2. The Hall–Kier alpha value is -1.48. The molecule has 0 atom stereocenters. The van der Waals surface area contributed by atoms with E-state index in [0.29, 0.717) is 19.8 Å². The van der Waals surface area contributed by atoms with Crippen LogP contribution in [0.3, 0.4) is 0 Å². The Morgan fingerprint density at radius 1 is 1.36 bits per heavy atom. The van der Waals surface area contributed by atoms with Gasteiger partial charge in [0.15, 0.2) is 11.5 Å². The van der Waals surface area contributed by atoms with Gasteiger partial charge in [0.2, 0.25) is 0 Å². The predicted molar refractivity (Wildman–Crippen MR) is 55.5 cm³/mol. The summed E-state index contributed by atoms with van der Waals surface area (Å²) in [5.41, 5.74) is 7.36. The van der Waals surface area contributed by atoms with Gasteiger partial charge in [-0.3, -0.25) is 0 Å². The Labute approximate surface area is 83.1 Å². The number of hydrogen-bond acceptors (Lipinski definition) is 3. The van der Waals surface area contributed by atoms with Crippen LogP contribution in [0.15, 0.2) is 24.8 Å². The molecule has 3 heteroatoms. The molecule has 0 aromatic heterocycles. The minimum atomic E-state index is 0.430. The summed E-state index contributed by atoms with van der Waals surface area (Å²) in [6, 6.07) is 5.76. The average molecular weight is 191 g/mol. The van der Waals surface area contributed by atoms with Gasteiger partial charge in [0.25, 0.3) is 0 Å². The first-order valence-electron chi connectivity index (χ1n) is 4.59. The molecule has 0 aliphatic carbocycles. The van der Waals surface area contributed by atoms with E-state index >= 15 is 0 Å². The normalized spacial score (nSPS) is 13.8. The predicted octanol–water partition coefficient (Wildman–Crippen LogP) is 1.43. The van der Waals surface area contributed by atoms with Crippen molar-refractivity contribution in [3.63, 3.8) is 0 Å². The molecule has 14 heavy (non-hydrogen) atoms. The minimum absolute atomic E-state index is 0.430. The third-order valence-corrected chi connectivity index (χ3v) is 2.19. The van der Waals surface area contributed by atoms with Crippen LogP contribution >= 0.6 is 0 Å². The Bertz CT molecular complexity index is 360. The van der Waals surface area contributed by atoms with Crippen LogP contribution in [0.2, 0.25) is 0 Å². The SMILES string of the molecule is C=C(CN)c1cccc2c1OCCO2. The minimum Gasteiger partial charge on any atom is -0.486 e. The van der Waals surface area contributed by atoms with Crippen LogP contribution in [0.5, 0.6) is 11.5 Å². The Kier molecular flexibility index (Phi) is 2.41. The lowest BCUT2D eigenvalue weighted by Gasteiger charge is -2.21. The molecule has 0 saturated carbocycles. The molecule has 1 aliphatic heterocycles. The summed E-state index contributed by atoms with van der Waals surface area (Å²) in [6.07, 6.45) is 0. The van der Waals surface area contributed by atoms with E-state index in [1.807, 2.05) is 18.2 Å². The lowest BCUT2D eigenvalue weighted by atomic mass is 10.1. The monoisotopic (exact) mass is 191 g/mol. The van der Waals surface area contributed by atoms with Gasteiger partial charge in [-0.15, -0.1) is 0 Å².